The Morgan fingerprint density at radius 1 is 2.00 bits per heavy atom. The Balaban J connectivity index is 2.84. The van der Waals surface area contributed by atoms with Gasteiger partial charge in [-0.3, -0.25) is 4.68 Å². The van der Waals surface area contributed by atoms with Gasteiger partial charge in [-0.05, 0) is 6.92 Å². The normalized spacial score (nSPS) is 9.75. The lowest BCUT2D eigenvalue weighted by Gasteiger charge is -1.87. The van der Waals surface area contributed by atoms with Gasteiger partial charge in [-0.15, -0.1) is 0 Å². The van der Waals surface area contributed by atoms with Crippen LogP contribution in [-0.2, 0) is 6.54 Å². The Bertz CT molecular complexity index is 171. The molecule has 1 heterocycles. The fraction of sp³-hybridized carbons (Fsp3) is 0.400. The maximum absolute atomic E-state index is 5.50. The van der Waals surface area contributed by atoms with Crippen LogP contribution in [0.4, 0.5) is 0 Å². The second-order valence-electron chi connectivity index (χ2n) is 1.44. The summed E-state index contributed by atoms with van der Waals surface area (Å²) in [6.07, 6.45) is 4.34. The van der Waals surface area contributed by atoms with Gasteiger partial charge in [0.05, 0.1) is 5.02 Å². The molecule has 0 atom stereocenters. The van der Waals surface area contributed by atoms with Crippen LogP contribution in [0.3, 0.4) is 0 Å². The van der Waals surface area contributed by atoms with E-state index in [9.17, 15) is 0 Å². The molecule has 0 aromatic carbocycles. The Morgan fingerprint density at radius 3 is 3.00 bits per heavy atom. The van der Waals surface area contributed by atoms with Gasteiger partial charge in [0, 0.05) is 12.7 Å². The maximum atomic E-state index is 5.50. The van der Waals surface area contributed by atoms with E-state index in [1.807, 2.05) is 6.92 Å². The number of halogens is 1. The standard InChI is InChI=1S/C5H6ClN2/c1-2-8-4-5(6)3-7-8/h4H,2H2,1H3. The summed E-state index contributed by atoms with van der Waals surface area (Å²) in [5, 5.41) is 4.37. The third-order valence-electron chi connectivity index (χ3n) is 0.872. The molecule has 1 rings (SSSR count). The highest BCUT2D eigenvalue weighted by Gasteiger charge is 1.89. The molecule has 1 aromatic heterocycles. The summed E-state index contributed by atoms with van der Waals surface area (Å²) in [7, 11) is 0. The predicted molar refractivity (Wildman–Crippen MR) is 31.7 cm³/mol. The summed E-state index contributed by atoms with van der Waals surface area (Å²) in [5.41, 5.74) is 0. The number of hydrogen-bond acceptors (Lipinski definition) is 1. The minimum atomic E-state index is 0.576. The van der Waals surface area contributed by atoms with Gasteiger partial charge in [0.25, 0.3) is 0 Å². The van der Waals surface area contributed by atoms with Crippen molar-refractivity contribution in [3.8, 4) is 0 Å². The molecule has 0 aliphatic carbocycles. The molecule has 0 fully saturated rings. The van der Waals surface area contributed by atoms with Gasteiger partial charge >= 0.3 is 0 Å². The lowest BCUT2D eigenvalue weighted by molar-refractivity contribution is 0.658. The number of aryl methyl sites for hydroxylation is 1. The first kappa shape index (κ1) is 5.63. The number of aromatic nitrogens is 2. The lowest BCUT2D eigenvalue weighted by Crippen LogP contribution is -1.91. The van der Waals surface area contributed by atoms with Crippen molar-refractivity contribution in [1.82, 2.24) is 9.78 Å². The third kappa shape index (κ3) is 1.01. The average Bonchev–Trinajstić information content (AvgIpc) is 2.14. The summed E-state index contributed by atoms with van der Waals surface area (Å²) in [4.78, 5) is 0. The van der Waals surface area contributed by atoms with E-state index in [2.05, 4.69) is 11.3 Å². The molecule has 8 heavy (non-hydrogen) atoms. The van der Waals surface area contributed by atoms with Gasteiger partial charge < -0.3 is 0 Å². The molecule has 0 saturated heterocycles. The van der Waals surface area contributed by atoms with Crippen LogP contribution in [0.2, 0.25) is 5.02 Å². The summed E-state index contributed by atoms with van der Waals surface area (Å²) >= 11 is 5.50. The van der Waals surface area contributed by atoms with Crippen LogP contribution < -0.4 is 0 Å². The van der Waals surface area contributed by atoms with Crippen LogP contribution in [0.1, 0.15) is 6.92 Å². The van der Waals surface area contributed by atoms with E-state index >= 15 is 0 Å². The van der Waals surface area contributed by atoms with E-state index in [0.717, 1.165) is 6.54 Å². The first-order valence-electron chi connectivity index (χ1n) is 2.43. The molecular formula is C5H6ClN2. The smallest absolute Gasteiger partial charge is 0.133 e. The van der Waals surface area contributed by atoms with Crippen molar-refractivity contribution in [2.45, 2.75) is 13.5 Å². The number of nitrogens with zero attached hydrogens (tertiary/aromatic N) is 2. The first-order chi connectivity index (χ1) is 3.83. The van der Waals surface area contributed by atoms with Gasteiger partial charge in [-0.2, -0.15) is 5.10 Å². The number of hydrogen-bond donors (Lipinski definition) is 0. The molecule has 0 saturated carbocycles. The highest BCUT2D eigenvalue weighted by atomic mass is 35.5. The summed E-state index contributed by atoms with van der Waals surface area (Å²) in [6, 6.07) is 0. The largest absolute Gasteiger partial charge is 0.271 e. The molecule has 0 bridgehead atoms. The second-order valence-corrected chi connectivity index (χ2v) is 1.85. The molecule has 1 aromatic rings. The van der Waals surface area contributed by atoms with Crippen LogP contribution >= 0.6 is 11.6 Å². The fourth-order valence-electron chi connectivity index (χ4n) is 0.463. The monoisotopic (exact) mass is 129 g/mol. The van der Waals surface area contributed by atoms with Crippen LogP contribution in [0.15, 0.2) is 6.20 Å². The van der Waals surface area contributed by atoms with Crippen LogP contribution in [0.5, 0.6) is 0 Å². The average molecular weight is 130 g/mol. The van der Waals surface area contributed by atoms with Crippen LogP contribution in [0, 0.1) is 6.20 Å². The quantitative estimate of drug-likeness (QED) is 0.560. The molecule has 0 amide bonds. The molecule has 1 radical (unpaired) electrons. The van der Waals surface area contributed by atoms with E-state index in [1.165, 1.54) is 0 Å². The minimum Gasteiger partial charge on any atom is -0.271 e. The Labute approximate surface area is 53.1 Å². The van der Waals surface area contributed by atoms with E-state index in [0.29, 0.717) is 5.02 Å². The van der Waals surface area contributed by atoms with Crippen molar-refractivity contribution < 1.29 is 0 Å². The Kier molecular flexibility index (Phi) is 1.53. The van der Waals surface area contributed by atoms with Gasteiger partial charge in [0.2, 0.25) is 0 Å². The van der Waals surface area contributed by atoms with E-state index in [-0.39, 0.29) is 0 Å². The molecule has 0 N–H and O–H groups in total. The highest BCUT2D eigenvalue weighted by molar-refractivity contribution is 6.30. The SMILES string of the molecule is CCn1cc(Cl)[c]n1. The van der Waals surface area contributed by atoms with E-state index in [1.54, 1.807) is 10.9 Å². The van der Waals surface area contributed by atoms with Crippen molar-refractivity contribution in [2.75, 3.05) is 0 Å². The predicted octanol–water partition coefficient (Wildman–Crippen LogP) is 1.36. The zero-order valence-corrected chi connectivity index (χ0v) is 5.31. The van der Waals surface area contributed by atoms with Crippen molar-refractivity contribution in [3.05, 3.63) is 17.4 Å². The zero-order valence-electron chi connectivity index (χ0n) is 4.56. The molecule has 0 aliphatic rings. The topological polar surface area (TPSA) is 17.8 Å². The maximum Gasteiger partial charge on any atom is 0.133 e. The van der Waals surface area contributed by atoms with Crippen molar-refractivity contribution in [2.24, 2.45) is 0 Å². The van der Waals surface area contributed by atoms with Crippen LogP contribution in [0.25, 0.3) is 0 Å². The molecule has 3 heteroatoms. The van der Waals surface area contributed by atoms with Crippen molar-refractivity contribution in [1.29, 1.82) is 0 Å². The van der Waals surface area contributed by atoms with Gasteiger partial charge in [0.1, 0.15) is 6.20 Å². The fourth-order valence-corrected chi connectivity index (χ4v) is 0.613. The Hall–Kier alpha value is -0.500. The molecule has 0 aliphatic heterocycles. The second kappa shape index (κ2) is 2.18. The molecule has 0 spiro atoms. The lowest BCUT2D eigenvalue weighted by atomic mass is 10.7. The first-order valence-corrected chi connectivity index (χ1v) is 2.81. The molecular weight excluding hydrogens is 124 g/mol. The summed E-state index contributed by atoms with van der Waals surface area (Å²) in [5.74, 6) is 0. The third-order valence-corrected chi connectivity index (χ3v) is 1.05. The Morgan fingerprint density at radius 2 is 2.75 bits per heavy atom. The van der Waals surface area contributed by atoms with Crippen LogP contribution in [-0.4, -0.2) is 9.78 Å². The number of rotatable bonds is 1. The molecule has 43 valence electrons. The van der Waals surface area contributed by atoms with E-state index < -0.39 is 0 Å². The van der Waals surface area contributed by atoms with E-state index in [4.69, 9.17) is 11.6 Å². The van der Waals surface area contributed by atoms with Crippen molar-refractivity contribution >= 4 is 11.6 Å². The zero-order chi connectivity index (χ0) is 5.98. The minimum absolute atomic E-state index is 0.576. The van der Waals surface area contributed by atoms with Gasteiger partial charge in [0.15, 0.2) is 0 Å². The highest BCUT2D eigenvalue weighted by Crippen LogP contribution is 2.02. The van der Waals surface area contributed by atoms with Gasteiger partial charge in [-0.1, -0.05) is 11.6 Å². The van der Waals surface area contributed by atoms with Crippen molar-refractivity contribution in [3.63, 3.8) is 0 Å². The molecule has 2 nitrogen and oxygen atoms in total. The van der Waals surface area contributed by atoms with Gasteiger partial charge in [-0.25, -0.2) is 0 Å². The summed E-state index contributed by atoms with van der Waals surface area (Å²) in [6.45, 7) is 2.85. The molecule has 0 unspecified atom stereocenters. The summed E-state index contributed by atoms with van der Waals surface area (Å²) < 4.78 is 1.72.